The molecular weight excluding hydrogens is 289 g/mol. The van der Waals surface area contributed by atoms with Gasteiger partial charge in [-0.3, -0.25) is 9.59 Å². The molecule has 1 amide bonds. The monoisotopic (exact) mass is 306 g/mol. The van der Waals surface area contributed by atoms with Crippen LogP contribution >= 0.6 is 0 Å². The van der Waals surface area contributed by atoms with Gasteiger partial charge < -0.3 is 15.0 Å². The average Bonchev–Trinajstić information content (AvgIpc) is 2.32. The van der Waals surface area contributed by atoms with E-state index >= 15 is 0 Å². The molecule has 5 nitrogen and oxygen atoms in total. The quantitative estimate of drug-likeness (QED) is 0.784. The van der Waals surface area contributed by atoms with Gasteiger partial charge in [0, 0.05) is 24.2 Å². The van der Waals surface area contributed by atoms with E-state index in [2.05, 4.69) is 15.0 Å². The normalized spacial score (nSPS) is 11.5. The Morgan fingerprint density at radius 3 is 2.62 bits per heavy atom. The molecule has 0 aliphatic rings. The standard InChI is InChI=1S/C13H17F3N2O3/c1-8-5-9(2)18-12(20)10(8)6-17-11(19)3-4-21-7-13(14,15)16/h5H,3-4,6-7H2,1-2H3,(H,17,19)(H,18,20). The van der Waals surface area contributed by atoms with Crippen LogP contribution in [0.4, 0.5) is 13.2 Å². The minimum absolute atomic E-state index is 0.0273. The molecule has 0 saturated heterocycles. The number of aryl methyl sites for hydroxylation is 2. The van der Waals surface area contributed by atoms with E-state index in [1.54, 1.807) is 19.9 Å². The maximum absolute atomic E-state index is 11.8. The molecule has 0 bridgehead atoms. The SMILES string of the molecule is Cc1cc(C)c(CNC(=O)CCOCC(F)(F)F)c(=O)[nH]1. The Morgan fingerprint density at radius 1 is 1.38 bits per heavy atom. The van der Waals surface area contributed by atoms with E-state index in [4.69, 9.17) is 0 Å². The Labute approximate surface area is 119 Å². The molecule has 1 aromatic rings. The number of amides is 1. The lowest BCUT2D eigenvalue weighted by atomic mass is 10.1. The van der Waals surface area contributed by atoms with E-state index in [0.717, 1.165) is 5.56 Å². The highest BCUT2D eigenvalue weighted by Crippen LogP contribution is 2.14. The summed E-state index contributed by atoms with van der Waals surface area (Å²) in [6, 6.07) is 1.77. The number of pyridine rings is 1. The molecule has 0 radical (unpaired) electrons. The van der Waals surface area contributed by atoms with Crippen molar-refractivity contribution < 1.29 is 22.7 Å². The molecule has 0 aromatic carbocycles. The van der Waals surface area contributed by atoms with Gasteiger partial charge in [-0.15, -0.1) is 0 Å². The molecule has 0 atom stereocenters. The molecule has 1 heterocycles. The van der Waals surface area contributed by atoms with Gasteiger partial charge in [0.15, 0.2) is 0 Å². The molecule has 0 spiro atoms. The lowest BCUT2D eigenvalue weighted by molar-refractivity contribution is -0.174. The fourth-order valence-corrected chi connectivity index (χ4v) is 1.73. The van der Waals surface area contributed by atoms with E-state index in [-0.39, 0.29) is 25.1 Å². The summed E-state index contributed by atoms with van der Waals surface area (Å²) < 4.78 is 39.8. The second-order valence-electron chi connectivity index (χ2n) is 4.64. The van der Waals surface area contributed by atoms with Crippen molar-refractivity contribution in [2.45, 2.75) is 33.0 Å². The van der Waals surface area contributed by atoms with E-state index in [1.165, 1.54) is 0 Å². The van der Waals surface area contributed by atoms with Crippen molar-refractivity contribution in [3.05, 3.63) is 33.2 Å². The largest absolute Gasteiger partial charge is 0.411 e. The summed E-state index contributed by atoms with van der Waals surface area (Å²) in [6.45, 7) is 1.82. The predicted octanol–water partition coefficient (Wildman–Crippen LogP) is 1.58. The number of ether oxygens (including phenoxy) is 1. The molecular formula is C13H17F3N2O3. The molecule has 0 saturated carbocycles. The number of H-pyrrole nitrogens is 1. The summed E-state index contributed by atoms with van der Waals surface area (Å²) in [5, 5.41) is 2.48. The maximum atomic E-state index is 11.8. The zero-order valence-electron chi connectivity index (χ0n) is 11.8. The number of carbonyl (C=O) groups excluding carboxylic acids is 1. The molecule has 0 unspecified atom stereocenters. The third-order valence-corrected chi connectivity index (χ3v) is 2.70. The highest BCUT2D eigenvalue weighted by Gasteiger charge is 2.27. The number of aromatic amines is 1. The third kappa shape index (κ3) is 6.44. The minimum atomic E-state index is -4.40. The highest BCUT2D eigenvalue weighted by atomic mass is 19.4. The van der Waals surface area contributed by atoms with Crippen LogP contribution in [0.2, 0.25) is 0 Å². The summed E-state index contributed by atoms with van der Waals surface area (Å²) in [7, 11) is 0. The summed E-state index contributed by atoms with van der Waals surface area (Å²) in [6.07, 6.45) is -4.60. The van der Waals surface area contributed by atoms with Crippen molar-refractivity contribution in [2.75, 3.05) is 13.2 Å². The Balaban J connectivity index is 2.39. The Morgan fingerprint density at radius 2 is 2.05 bits per heavy atom. The predicted molar refractivity (Wildman–Crippen MR) is 69.9 cm³/mol. The molecule has 2 N–H and O–H groups in total. The van der Waals surface area contributed by atoms with Gasteiger partial charge in [-0.25, -0.2) is 0 Å². The number of rotatable bonds is 6. The van der Waals surface area contributed by atoms with Gasteiger partial charge in [-0.1, -0.05) is 0 Å². The van der Waals surface area contributed by atoms with Crippen molar-refractivity contribution in [2.24, 2.45) is 0 Å². The Kier molecular flexibility index (Phi) is 5.95. The van der Waals surface area contributed by atoms with Crippen LogP contribution in [0, 0.1) is 13.8 Å². The molecule has 0 aliphatic carbocycles. The van der Waals surface area contributed by atoms with Gasteiger partial charge in [0.2, 0.25) is 5.91 Å². The number of hydrogen-bond acceptors (Lipinski definition) is 3. The zero-order valence-corrected chi connectivity index (χ0v) is 11.8. The van der Waals surface area contributed by atoms with Crippen LogP contribution in [0.15, 0.2) is 10.9 Å². The van der Waals surface area contributed by atoms with Crippen LogP contribution in [0.3, 0.4) is 0 Å². The average molecular weight is 306 g/mol. The number of aromatic nitrogens is 1. The molecule has 0 aliphatic heterocycles. The van der Waals surface area contributed by atoms with Gasteiger partial charge in [-0.05, 0) is 25.5 Å². The second kappa shape index (κ2) is 7.26. The van der Waals surface area contributed by atoms with E-state index in [0.29, 0.717) is 11.3 Å². The Bertz CT molecular complexity index is 553. The molecule has 21 heavy (non-hydrogen) atoms. The minimum Gasteiger partial charge on any atom is -0.372 e. The van der Waals surface area contributed by atoms with Crippen LogP contribution < -0.4 is 10.9 Å². The van der Waals surface area contributed by atoms with Gasteiger partial charge >= 0.3 is 6.18 Å². The summed E-state index contributed by atoms with van der Waals surface area (Å²) >= 11 is 0. The van der Waals surface area contributed by atoms with Crippen LogP contribution in [0.25, 0.3) is 0 Å². The van der Waals surface area contributed by atoms with Crippen LogP contribution in [-0.2, 0) is 16.1 Å². The smallest absolute Gasteiger partial charge is 0.372 e. The van der Waals surface area contributed by atoms with Crippen LogP contribution in [-0.4, -0.2) is 30.3 Å². The topological polar surface area (TPSA) is 71.2 Å². The third-order valence-electron chi connectivity index (χ3n) is 2.70. The van der Waals surface area contributed by atoms with Gasteiger partial charge in [0.1, 0.15) is 6.61 Å². The first-order chi connectivity index (χ1) is 9.69. The van der Waals surface area contributed by atoms with Crippen molar-refractivity contribution in [3.63, 3.8) is 0 Å². The lowest BCUT2D eigenvalue weighted by Crippen LogP contribution is -2.29. The number of halogens is 3. The molecule has 118 valence electrons. The first kappa shape index (κ1) is 17.2. The van der Waals surface area contributed by atoms with Crippen LogP contribution in [0.5, 0.6) is 0 Å². The second-order valence-corrected chi connectivity index (χ2v) is 4.64. The summed E-state index contributed by atoms with van der Waals surface area (Å²) in [5.74, 6) is -0.475. The highest BCUT2D eigenvalue weighted by molar-refractivity contribution is 5.75. The number of nitrogens with one attached hydrogen (secondary N) is 2. The van der Waals surface area contributed by atoms with Gasteiger partial charge in [-0.2, -0.15) is 13.2 Å². The first-order valence-electron chi connectivity index (χ1n) is 6.29. The van der Waals surface area contributed by atoms with Gasteiger partial charge in [0.25, 0.3) is 5.56 Å². The van der Waals surface area contributed by atoms with Crippen molar-refractivity contribution in [3.8, 4) is 0 Å². The van der Waals surface area contributed by atoms with Crippen molar-refractivity contribution in [1.82, 2.24) is 10.3 Å². The molecule has 1 rings (SSSR count). The number of alkyl halides is 3. The lowest BCUT2D eigenvalue weighted by Gasteiger charge is -2.09. The fourth-order valence-electron chi connectivity index (χ4n) is 1.73. The first-order valence-corrected chi connectivity index (χ1v) is 6.29. The summed E-state index contributed by atoms with van der Waals surface area (Å²) in [5.41, 5.74) is 1.59. The van der Waals surface area contributed by atoms with Gasteiger partial charge in [0.05, 0.1) is 6.61 Å². The maximum Gasteiger partial charge on any atom is 0.411 e. The molecule has 8 heteroatoms. The fraction of sp³-hybridized carbons (Fsp3) is 0.538. The number of hydrogen-bond donors (Lipinski definition) is 2. The van der Waals surface area contributed by atoms with E-state index in [1.807, 2.05) is 0 Å². The summed E-state index contributed by atoms with van der Waals surface area (Å²) in [4.78, 5) is 25.7. The molecule has 1 aromatic heterocycles. The van der Waals surface area contributed by atoms with Crippen LogP contribution in [0.1, 0.15) is 23.2 Å². The Hall–Kier alpha value is -1.83. The van der Waals surface area contributed by atoms with Crippen molar-refractivity contribution >= 4 is 5.91 Å². The molecule has 0 fully saturated rings. The van der Waals surface area contributed by atoms with E-state index in [9.17, 15) is 22.8 Å². The van der Waals surface area contributed by atoms with E-state index < -0.39 is 18.7 Å². The number of carbonyl (C=O) groups is 1. The zero-order chi connectivity index (χ0) is 16.0. The van der Waals surface area contributed by atoms with Crippen molar-refractivity contribution in [1.29, 1.82) is 0 Å².